The van der Waals surface area contributed by atoms with Gasteiger partial charge in [0.25, 0.3) is 0 Å². The number of piperidine rings is 1. The molecule has 0 radical (unpaired) electrons. The topological polar surface area (TPSA) is 32.3 Å². The lowest BCUT2D eigenvalue weighted by molar-refractivity contribution is -0.121. The summed E-state index contributed by atoms with van der Waals surface area (Å²) in [6.07, 6.45) is 3.09. The molecule has 3 nitrogen and oxygen atoms in total. The average molecular weight is 260 g/mol. The molecule has 1 aliphatic rings. The summed E-state index contributed by atoms with van der Waals surface area (Å²) in [6, 6.07) is 6.27. The zero-order chi connectivity index (χ0) is 13.8. The predicted octanol–water partition coefficient (Wildman–Crippen LogP) is 2.80. The summed E-state index contributed by atoms with van der Waals surface area (Å²) in [6.45, 7) is 8.08. The fourth-order valence-corrected chi connectivity index (χ4v) is 2.53. The Hall–Kier alpha value is -1.35. The summed E-state index contributed by atoms with van der Waals surface area (Å²) in [5.41, 5.74) is 3.55. The van der Waals surface area contributed by atoms with Crippen LogP contribution in [0, 0.1) is 13.8 Å². The lowest BCUT2D eigenvalue weighted by Gasteiger charge is -2.33. The summed E-state index contributed by atoms with van der Waals surface area (Å²) in [7, 11) is 0. The molecule has 1 unspecified atom stereocenters. The molecule has 1 aromatic rings. The van der Waals surface area contributed by atoms with Gasteiger partial charge in [0.15, 0.2) is 0 Å². The molecule has 1 fully saturated rings. The second-order valence-corrected chi connectivity index (χ2v) is 5.41. The Labute approximate surface area is 116 Å². The molecule has 0 aromatic heterocycles. The summed E-state index contributed by atoms with van der Waals surface area (Å²) in [5.74, 6) is 0.225. The number of nitrogens with one attached hydrogen (secondary N) is 1. The number of nitrogens with zero attached hydrogens (tertiary/aromatic N) is 1. The van der Waals surface area contributed by atoms with Gasteiger partial charge in [0, 0.05) is 12.2 Å². The van der Waals surface area contributed by atoms with Gasteiger partial charge >= 0.3 is 0 Å². The van der Waals surface area contributed by atoms with Crippen LogP contribution in [0.2, 0.25) is 0 Å². The Bertz CT molecular complexity index is 456. The van der Waals surface area contributed by atoms with Gasteiger partial charge in [0.2, 0.25) is 5.91 Å². The highest BCUT2D eigenvalue weighted by atomic mass is 16.2. The quantitative estimate of drug-likeness (QED) is 0.903. The molecule has 1 heterocycles. The molecule has 104 valence electrons. The van der Waals surface area contributed by atoms with Gasteiger partial charge in [-0.3, -0.25) is 4.79 Å². The van der Waals surface area contributed by atoms with Crippen LogP contribution < -0.4 is 10.2 Å². The van der Waals surface area contributed by atoms with Gasteiger partial charge in [0.1, 0.15) is 0 Å². The van der Waals surface area contributed by atoms with Crippen molar-refractivity contribution >= 4 is 11.6 Å². The minimum Gasteiger partial charge on any atom is -0.311 e. The number of hydrogen-bond donors (Lipinski definition) is 1. The highest BCUT2D eigenvalue weighted by molar-refractivity contribution is 5.98. The average Bonchev–Trinajstić information content (AvgIpc) is 2.41. The third-order valence-electron chi connectivity index (χ3n) is 3.88. The smallest absolute Gasteiger partial charge is 0.244 e. The Kier molecular flexibility index (Phi) is 4.59. The summed E-state index contributed by atoms with van der Waals surface area (Å²) in [5, 5.41) is 3.36. The van der Waals surface area contributed by atoms with E-state index in [9.17, 15) is 4.79 Å². The van der Waals surface area contributed by atoms with Crippen LogP contribution >= 0.6 is 0 Å². The van der Waals surface area contributed by atoms with E-state index in [-0.39, 0.29) is 11.9 Å². The third-order valence-corrected chi connectivity index (χ3v) is 3.88. The van der Waals surface area contributed by atoms with E-state index in [1.54, 1.807) is 0 Å². The predicted molar refractivity (Wildman–Crippen MR) is 79.6 cm³/mol. The van der Waals surface area contributed by atoms with Crippen molar-refractivity contribution in [2.45, 2.75) is 46.1 Å². The molecule has 1 amide bonds. The van der Waals surface area contributed by atoms with Crippen LogP contribution in [0.3, 0.4) is 0 Å². The van der Waals surface area contributed by atoms with Crippen LogP contribution in [0.25, 0.3) is 0 Å². The molecule has 1 aliphatic heterocycles. The van der Waals surface area contributed by atoms with Crippen LogP contribution in [0.15, 0.2) is 18.2 Å². The minimum absolute atomic E-state index is 0.00434. The molecule has 1 atom stereocenters. The highest BCUT2D eigenvalue weighted by Crippen LogP contribution is 2.23. The van der Waals surface area contributed by atoms with Crippen LogP contribution in [0.4, 0.5) is 5.69 Å². The summed E-state index contributed by atoms with van der Waals surface area (Å²) in [4.78, 5) is 14.4. The molecule has 0 bridgehead atoms. The molecule has 0 spiro atoms. The Morgan fingerprint density at radius 1 is 1.32 bits per heavy atom. The van der Waals surface area contributed by atoms with E-state index >= 15 is 0 Å². The zero-order valence-corrected chi connectivity index (χ0v) is 12.2. The van der Waals surface area contributed by atoms with Crippen LogP contribution in [0.5, 0.6) is 0 Å². The first kappa shape index (κ1) is 14.1. The SMILES string of the molecule is CCCNC1CCCN(c2ccc(C)c(C)c2)C1=O. The van der Waals surface area contributed by atoms with E-state index < -0.39 is 0 Å². The Balaban J connectivity index is 2.14. The van der Waals surface area contributed by atoms with Crippen LogP contribution in [-0.4, -0.2) is 25.0 Å². The minimum atomic E-state index is -0.00434. The normalized spacial score (nSPS) is 19.8. The van der Waals surface area contributed by atoms with Crippen molar-refractivity contribution in [1.29, 1.82) is 0 Å². The first-order valence-electron chi connectivity index (χ1n) is 7.25. The lowest BCUT2D eigenvalue weighted by Crippen LogP contribution is -2.51. The van der Waals surface area contributed by atoms with E-state index in [0.717, 1.165) is 38.0 Å². The molecule has 1 N–H and O–H groups in total. The maximum absolute atomic E-state index is 12.5. The number of rotatable bonds is 4. The van der Waals surface area contributed by atoms with E-state index in [1.807, 2.05) is 4.90 Å². The van der Waals surface area contributed by atoms with Gasteiger partial charge in [0.05, 0.1) is 6.04 Å². The number of hydrogen-bond acceptors (Lipinski definition) is 2. The Morgan fingerprint density at radius 3 is 2.79 bits per heavy atom. The van der Waals surface area contributed by atoms with Crippen molar-refractivity contribution in [3.63, 3.8) is 0 Å². The molecular formula is C16H24N2O. The lowest BCUT2D eigenvalue weighted by atomic mass is 10.0. The molecule has 0 saturated carbocycles. The largest absolute Gasteiger partial charge is 0.311 e. The van der Waals surface area contributed by atoms with Gasteiger partial charge in [-0.05, 0) is 62.9 Å². The molecule has 0 aliphatic carbocycles. The number of anilines is 1. The second-order valence-electron chi connectivity index (χ2n) is 5.41. The fourth-order valence-electron chi connectivity index (χ4n) is 2.53. The molecular weight excluding hydrogens is 236 g/mol. The van der Waals surface area contributed by atoms with Crippen LogP contribution in [-0.2, 0) is 4.79 Å². The molecule has 3 heteroatoms. The maximum Gasteiger partial charge on any atom is 0.244 e. The molecule has 2 rings (SSSR count). The van der Waals surface area contributed by atoms with Crippen molar-refractivity contribution in [1.82, 2.24) is 5.32 Å². The van der Waals surface area contributed by atoms with E-state index in [4.69, 9.17) is 0 Å². The first-order valence-corrected chi connectivity index (χ1v) is 7.25. The number of carbonyl (C=O) groups excluding carboxylic acids is 1. The second kappa shape index (κ2) is 6.20. The van der Waals surface area contributed by atoms with E-state index in [2.05, 4.69) is 44.3 Å². The molecule has 1 saturated heterocycles. The van der Waals surface area contributed by atoms with Crippen molar-refractivity contribution in [3.8, 4) is 0 Å². The van der Waals surface area contributed by atoms with E-state index in [1.165, 1.54) is 11.1 Å². The van der Waals surface area contributed by atoms with Crippen LogP contribution in [0.1, 0.15) is 37.3 Å². The van der Waals surface area contributed by atoms with Gasteiger partial charge in [-0.1, -0.05) is 13.0 Å². The first-order chi connectivity index (χ1) is 9.13. The molecule has 19 heavy (non-hydrogen) atoms. The standard InChI is InChI=1S/C16H24N2O/c1-4-9-17-15-6-5-10-18(16(15)19)14-8-7-12(2)13(3)11-14/h7-8,11,15,17H,4-6,9-10H2,1-3H3. The number of benzene rings is 1. The van der Waals surface area contributed by atoms with Gasteiger partial charge in [-0.25, -0.2) is 0 Å². The van der Waals surface area contributed by atoms with E-state index in [0.29, 0.717) is 0 Å². The van der Waals surface area contributed by atoms with Crippen molar-refractivity contribution in [2.75, 3.05) is 18.0 Å². The molecule has 1 aromatic carbocycles. The zero-order valence-electron chi connectivity index (χ0n) is 12.2. The van der Waals surface area contributed by atoms with Gasteiger partial charge in [-0.15, -0.1) is 0 Å². The van der Waals surface area contributed by atoms with Gasteiger partial charge in [-0.2, -0.15) is 0 Å². The third kappa shape index (κ3) is 3.16. The number of carbonyl (C=O) groups is 1. The fraction of sp³-hybridized carbons (Fsp3) is 0.562. The summed E-state index contributed by atoms with van der Waals surface area (Å²) >= 11 is 0. The van der Waals surface area contributed by atoms with Gasteiger partial charge < -0.3 is 10.2 Å². The number of aryl methyl sites for hydroxylation is 2. The van der Waals surface area contributed by atoms with Crippen molar-refractivity contribution < 1.29 is 4.79 Å². The van der Waals surface area contributed by atoms with Crippen molar-refractivity contribution in [3.05, 3.63) is 29.3 Å². The maximum atomic E-state index is 12.5. The highest BCUT2D eigenvalue weighted by Gasteiger charge is 2.28. The number of amides is 1. The Morgan fingerprint density at radius 2 is 2.11 bits per heavy atom. The van der Waals surface area contributed by atoms with Crippen molar-refractivity contribution in [2.24, 2.45) is 0 Å². The monoisotopic (exact) mass is 260 g/mol. The summed E-state index contributed by atoms with van der Waals surface area (Å²) < 4.78 is 0.